The predicted octanol–water partition coefficient (Wildman–Crippen LogP) is 1.88. The highest BCUT2D eigenvalue weighted by Crippen LogP contribution is 2.19. The maximum absolute atomic E-state index is 10.8. The summed E-state index contributed by atoms with van der Waals surface area (Å²) in [5.74, 6) is -0.950. The van der Waals surface area contributed by atoms with Gasteiger partial charge in [0, 0.05) is 11.9 Å². The van der Waals surface area contributed by atoms with Gasteiger partial charge in [0.25, 0.3) is 0 Å². The Morgan fingerprint density at radius 2 is 2.21 bits per heavy atom. The lowest BCUT2D eigenvalue weighted by Gasteiger charge is -1.98. The van der Waals surface area contributed by atoms with E-state index in [0.29, 0.717) is 5.52 Å². The predicted molar refractivity (Wildman–Crippen MR) is 52.5 cm³/mol. The van der Waals surface area contributed by atoms with E-state index in [1.165, 1.54) is 6.20 Å². The van der Waals surface area contributed by atoms with Crippen LogP contribution in [0, 0.1) is 13.8 Å². The van der Waals surface area contributed by atoms with Gasteiger partial charge < -0.3 is 10.1 Å². The van der Waals surface area contributed by atoms with Crippen molar-refractivity contribution in [1.29, 1.82) is 0 Å². The number of carboxylic acid groups (broad SMARTS) is 1. The SMILES string of the molecule is Cc1cc(C)c2[nH]cc(C(=O)O)c2n1. The fraction of sp³-hybridized carbons (Fsp3) is 0.200. The molecule has 4 heteroatoms. The third kappa shape index (κ3) is 1.16. The molecule has 4 nitrogen and oxygen atoms in total. The molecule has 0 saturated heterocycles. The van der Waals surface area contributed by atoms with Crippen LogP contribution in [0.5, 0.6) is 0 Å². The molecule has 2 N–H and O–H groups in total. The van der Waals surface area contributed by atoms with E-state index in [9.17, 15) is 4.79 Å². The number of carbonyl (C=O) groups is 1. The number of nitrogens with zero attached hydrogens (tertiary/aromatic N) is 1. The van der Waals surface area contributed by atoms with Gasteiger partial charge in [0.2, 0.25) is 0 Å². The minimum absolute atomic E-state index is 0.229. The van der Waals surface area contributed by atoms with Gasteiger partial charge in [0.15, 0.2) is 0 Å². The number of nitrogens with one attached hydrogen (secondary N) is 1. The van der Waals surface area contributed by atoms with Crippen LogP contribution in [0.15, 0.2) is 12.3 Å². The molecule has 0 atom stereocenters. The smallest absolute Gasteiger partial charge is 0.339 e. The van der Waals surface area contributed by atoms with E-state index in [2.05, 4.69) is 9.97 Å². The molecule has 0 unspecified atom stereocenters. The zero-order chi connectivity index (χ0) is 10.3. The lowest BCUT2D eigenvalue weighted by Crippen LogP contribution is -1.96. The van der Waals surface area contributed by atoms with Crippen LogP contribution in [0.1, 0.15) is 21.6 Å². The van der Waals surface area contributed by atoms with Crippen molar-refractivity contribution in [1.82, 2.24) is 9.97 Å². The highest BCUT2D eigenvalue weighted by atomic mass is 16.4. The number of carboxylic acids is 1. The van der Waals surface area contributed by atoms with Gasteiger partial charge in [0.1, 0.15) is 11.1 Å². The van der Waals surface area contributed by atoms with E-state index in [4.69, 9.17) is 5.11 Å². The lowest BCUT2D eigenvalue weighted by atomic mass is 10.2. The van der Waals surface area contributed by atoms with Gasteiger partial charge in [-0.2, -0.15) is 0 Å². The Bertz CT molecular complexity index is 514. The van der Waals surface area contributed by atoms with E-state index in [0.717, 1.165) is 16.8 Å². The van der Waals surface area contributed by atoms with Gasteiger partial charge in [-0.05, 0) is 25.5 Å². The summed E-state index contributed by atoms with van der Waals surface area (Å²) in [6.07, 6.45) is 1.48. The molecule has 0 spiro atoms. The molecule has 2 aromatic rings. The number of aryl methyl sites for hydroxylation is 2. The van der Waals surface area contributed by atoms with Crippen LogP contribution >= 0.6 is 0 Å². The molecule has 0 saturated carbocycles. The molecular weight excluding hydrogens is 180 g/mol. The number of rotatable bonds is 1. The first-order valence-electron chi connectivity index (χ1n) is 4.28. The maximum Gasteiger partial charge on any atom is 0.339 e. The first-order valence-corrected chi connectivity index (χ1v) is 4.28. The molecule has 2 heterocycles. The van der Waals surface area contributed by atoms with Crippen molar-refractivity contribution < 1.29 is 9.90 Å². The topological polar surface area (TPSA) is 66.0 Å². The van der Waals surface area contributed by atoms with Gasteiger partial charge in [-0.15, -0.1) is 0 Å². The summed E-state index contributed by atoms with van der Waals surface area (Å²) in [6.45, 7) is 3.78. The molecule has 0 bridgehead atoms. The summed E-state index contributed by atoms with van der Waals surface area (Å²) in [5.41, 5.74) is 3.41. The molecule has 0 fully saturated rings. The Balaban J connectivity index is 2.85. The maximum atomic E-state index is 10.8. The van der Waals surface area contributed by atoms with Gasteiger partial charge in [-0.3, -0.25) is 4.98 Å². The largest absolute Gasteiger partial charge is 0.478 e. The van der Waals surface area contributed by atoms with Crippen molar-refractivity contribution in [3.63, 3.8) is 0 Å². The molecule has 0 aliphatic rings. The molecule has 2 aromatic heterocycles. The van der Waals surface area contributed by atoms with E-state index in [-0.39, 0.29) is 5.56 Å². The first kappa shape index (κ1) is 8.74. The van der Waals surface area contributed by atoms with Gasteiger partial charge in [-0.25, -0.2) is 4.79 Å². The quantitative estimate of drug-likeness (QED) is 0.721. The van der Waals surface area contributed by atoms with E-state index < -0.39 is 5.97 Å². The zero-order valence-corrected chi connectivity index (χ0v) is 7.96. The van der Waals surface area contributed by atoms with Crippen molar-refractivity contribution in [2.24, 2.45) is 0 Å². The standard InChI is InChI=1S/C10H10N2O2/c1-5-3-6(2)12-9-7(10(13)14)4-11-8(5)9/h3-4,11H,1-2H3,(H,13,14). The summed E-state index contributed by atoms with van der Waals surface area (Å²) in [6, 6.07) is 1.92. The molecule has 72 valence electrons. The van der Waals surface area contributed by atoms with Crippen molar-refractivity contribution in [2.45, 2.75) is 13.8 Å². The normalized spacial score (nSPS) is 10.7. The van der Waals surface area contributed by atoms with Crippen LogP contribution in [0.4, 0.5) is 0 Å². The van der Waals surface area contributed by atoms with Crippen molar-refractivity contribution in [3.8, 4) is 0 Å². The number of pyridine rings is 1. The highest BCUT2D eigenvalue weighted by Gasteiger charge is 2.13. The van der Waals surface area contributed by atoms with Crippen LogP contribution in [0.3, 0.4) is 0 Å². The number of aromatic carboxylic acids is 1. The zero-order valence-electron chi connectivity index (χ0n) is 7.96. The lowest BCUT2D eigenvalue weighted by molar-refractivity contribution is 0.0699. The number of H-pyrrole nitrogens is 1. The summed E-state index contributed by atoms with van der Waals surface area (Å²) in [7, 11) is 0. The molecule has 14 heavy (non-hydrogen) atoms. The second-order valence-electron chi connectivity index (χ2n) is 3.31. The Labute approximate surface area is 80.6 Å². The average Bonchev–Trinajstić information content (AvgIpc) is 2.47. The number of hydrogen-bond donors (Lipinski definition) is 2. The van der Waals surface area contributed by atoms with E-state index in [1.807, 2.05) is 19.9 Å². The highest BCUT2D eigenvalue weighted by molar-refractivity contribution is 6.02. The molecule has 0 radical (unpaired) electrons. The molecule has 0 aromatic carbocycles. The minimum atomic E-state index is -0.950. The summed E-state index contributed by atoms with van der Waals surface area (Å²) in [4.78, 5) is 18.0. The van der Waals surface area contributed by atoms with Crippen LogP contribution in [-0.4, -0.2) is 21.0 Å². The number of hydrogen-bond acceptors (Lipinski definition) is 2. The monoisotopic (exact) mass is 190 g/mol. The number of aromatic nitrogens is 2. The van der Waals surface area contributed by atoms with E-state index in [1.54, 1.807) is 0 Å². The molecule has 2 rings (SSSR count). The number of aromatic amines is 1. The molecular formula is C10H10N2O2. The summed E-state index contributed by atoms with van der Waals surface area (Å²) < 4.78 is 0. The Morgan fingerprint density at radius 1 is 1.50 bits per heavy atom. The van der Waals surface area contributed by atoms with E-state index >= 15 is 0 Å². The van der Waals surface area contributed by atoms with Crippen LogP contribution in [0.25, 0.3) is 11.0 Å². The average molecular weight is 190 g/mol. The molecule has 0 amide bonds. The van der Waals surface area contributed by atoms with Gasteiger partial charge in [-0.1, -0.05) is 0 Å². The summed E-state index contributed by atoms with van der Waals surface area (Å²) in [5, 5.41) is 8.89. The minimum Gasteiger partial charge on any atom is -0.478 e. The van der Waals surface area contributed by atoms with Crippen LogP contribution in [0.2, 0.25) is 0 Å². The van der Waals surface area contributed by atoms with Crippen molar-refractivity contribution in [3.05, 3.63) is 29.1 Å². The molecule has 0 aliphatic carbocycles. The van der Waals surface area contributed by atoms with Crippen LogP contribution < -0.4 is 0 Å². The van der Waals surface area contributed by atoms with Crippen molar-refractivity contribution >= 4 is 17.0 Å². The summed E-state index contributed by atoms with van der Waals surface area (Å²) >= 11 is 0. The Hall–Kier alpha value is -1.84. The van der Waals surface area contributed by atoms with Crippen LogP contribution in [-0.2, 0) is 0 Å². The van der Waals surface area contributed by atoms with Gasteiger partial charge >= 0.3 is 5.97 Å². The fourth-order valence-corrected chi connectivity index (χ4v) is 1.59. The third-order valence-electron chi connectivity index (χ3n) is 2.19. The van der Waals surface area contributed by atoms with Gasteiger partial charge in [0.05, 0.1) is 5.52 Å². The third-order valence-corrected chi connectivity index (χ3v) is 2.19. The molecule has 0 aliphatic heterocycles. The van der Waals surface area contributed by atoms with Crippen molar-refractivity contribution in [2.75, 3.05) is 0 Å². The Morgan fingerprint density at radius 3 is 2.86 bits per heavy atom. The fourth-order valence-electron chi connectivity index (χ4n) is 1.59. The first-order chi connectivity index (χ1) is 6.59. The second-order valence-corrected chi connectivity index (χ2v) is 3.31. The Kier molecular flexibility index (Phi) is 1.77. The second kappa shape index (κ2) is 2.83. The number of fused-ring (bicyclic) bond motifs is 1.